The zero-order valence-corrected chi connectivity index (χ0v) is 9.34. The lowest BCUT2D eigenvalue weighted by molar-refractivity contribution is -0.117. The van der Waals surface area contributed by atoms with Gasteiger partial charge < -0.3 is 5.32 Å². The summed E-state index contributed by atoms with van der Waals surface area (Å²) < 4.78 is 0. The highest BCUT2D eigenvalue weighted by Crippen LogP contribution is 2.20. The summed E-state index contributed by atoms with van der Waals surface area (Å²) in [7, 11) is 0. The SMILES string of the molecule is CC(C#N)C(=O)Nc1cccc2cccnc12. The number of anilines is 1. The molecule has 0 radical (unpaired) electrons. The third-order valence-corrected chi connectivity index (χ3v) is 2.48. The topological polar surface area (TPSA) is 65.8 Å². The van der Waals surface area contributed by atoms with Crippen LogP contribution in [0.2, 0.25) is 0 Å². The van der Waals surface area contributed by atoms with Crippen LogP contribution in [0.1, 0.15) is 6.92 Å². The third-order valence-electron chi connectivity index (χ3n) is 2.48. The molecule has 1 heterocycles. The van der Waals surface area contributed by atoms with Gasteiger partial charge in [-0.25, -0.2) is 0 Å². The van der Waals surface area contributed by atoms with Crippen LogP contribution in [0.4, 0.5) is 5.69 Å². The maximum absolute atomic E-state index is 11.6. The second-order valence-electron chi connectivity index (χ2n) is 3.72. The van der Waals surface area contributed by atoms with Gasteiger partial charge in [0, 0.05) is 11.6 Å². The number of benzene rings is 1. The average Bonchev–Trinajstić information content (AvgIpc) is 2.38. The summed E-state index contributed by atoms with van der Waals surface area (Å²) in [6.45, 7) is 1.56. The van der Waals surface area contributed by atoms with Gasteiger partial charge in [0.2, 0.25) is 5.91 Å². The Labute approximate surface area is 98.9 Å². The summed E-state index contributed by atoms with van der Waals surface area (Å²) >= 11 is 0. The van der Waals surface area contributed by atoms with E-state index in [0.29, 0.717) is 5.69 Å². The summed E-state index contributed by atoms with van der Waals surface area (Å²) in [5, 5.41) is 12.3. The molecule has 2 rings (SSSR count). The van der Waals surface area contributed by atoms with Gasteiger partial charge in [0.25, 0.3) is 0 Å². The largest absolute Gasteiger partial charge is 0.323 e. The van der Waals surface area contributed by atoms with Crippen LogP contribution in [-0.2, 0) is 4.79 Å². The van der Waals surface area contributed by atoms with Crippen LogP contribution in [0.15, 0.2) is 36.5 Å². The maximum atomic E-state index is 11.6. The zero-order chi connectivity index (χ0) is 12.3. The molecule has 0 saturated heterocycles. The summed E-state index contributed by atoms with van der Waals surface area (Å²) in [5.41, 5.74) is 1.36. The van der Waals surface area contributed by atoms with Crippen LogP contribution in [0.3, 0.4) is 0 Å². The van der Waals surface area contributed by atoms with Crippen molar-refractivity contribution in [3.8, 4) is 6.07 Å². The Hall–Kier alpha value is -2.41. The van der Waals surface area contributed by atoms with E-state index in [1.54, 1.807) is 19.2 Å². The zero-order valence-electron chi connectivity index (χ0n) is 9.34. The number of nitrogens with one attached hydrogen (secondary N) is 1. The van der Waals surface area contributed by atoms with Gasteiger partial charge in [-0.2, -0.15) is 5.26 Å². The first-order valence-electron chi connectivity index (χ1n) is 5.26. The van der Waals surface area contributed by atoms with Gasteiger partial charge in [0.1, 0.15) is 5.92 Å². The Morgan fingerprint density at radius 3 is 2.94 bits per heavy atom. The fourth-order valence-electron chi connectivity index (χ4n) is 1.50. The van der Waals surface area contributed by atoms with Crippen molar-refractivity contribution < 1.29 is 4.79 Å². The van der Waals surface area contributed by atoms with Crippen LogP contribution in [0, 0.1) is 17.2 Å². The van der Waals surface area contributed by atoms with E-state index >= 15 is 0 Å². The molecule has 2 aromatic rings. The van der Waals surface area contributed by atoms with E-state index in [4.69, 9.17) is 5.26 Å². The Bertz CT molecular complexity index is 596. The van der Waals surface area contributed by atoms with Crippen molar-refractivity contribution in [3.63, 3.8) is 0 Å². The molecule has 4 heteroatoms. The molecule has 0 aliphatic rings. The number of hydrogen-bond donors (Lipinski definition) is 1. The first-order valence-corrected chi connectivity index (χ1v) is 5.26. The quantitative estimate of drug-likeness (QED) is 0.853. The number of fused-ring (bicyclic) bond motifs is 1. The fourth-order valence-corrected chi connectivity index (χ4v) is 1.50. The molecule has 0 fully saturated rings. The number of para-hydroxylation sites is 1. The lowest BCUT2D eigenvalue weighted by Crippen LogP contribution is -2.19. The lowest BCUT2D eigenvalue weighted by atomic mass is 10.1. The third kappa shape index (κ3) is 2.23. The molecule has 1 N–H and O–H groups in total. The van der Waals surface area contributed by atoms with Gasteiger partial charge in [-0.05, 0) is 19.1 Å². The molecule has 1 unspecified atom stereocenters. The summed E-state index contributed by atoms with van der Waals surface area (Å²) in [6.07, 6.45) is 1.67. The van der Waals surface area contributed by atoms with E-state index in [0.717, 1.165) is 10.9 Å². The fraction of sp³-hybridized carbons (Fsp3) is 0.154. The number of amides is 1. The van der Waals surface area contributed by atoms with Crippen molar-refractivity contribution in [2.24, 2.45) is 5.92 Å². The molecular weight excluding hydrogens is 214 g/mol. The van der Waals surface area contributed by atoms with Crippen molar-refractivity contribution in [1.29, 1.82) is 5.26 Å². The highest BCUT2D eigenvalue weighted by Gasteiger charge is 2.13. The normalized spacial score (nSPS) is 11.8. The minimum Gasteiger partial charge on any atom is -0.323 e. The second-order valence-corrected chi connectivity index (χ2v) is 3.72. The highest BCUT2D eigenvalue weighted by atomic mass is 16.1. The Kier molecular flexibility index (Phi) is 3.01. The van der Waals surface area contributed by atoms with Crippen molar-refractivity contribution in [1.82, 2.24) is 4.98 Å². The van der Waals surface area contributed by atoms with E-state index in [2.05, 4.69) is 10.3 Å². The van der Waals surface area contributed by atoms with Gasteiger partial charge in [-0.3, -0.25) is 9.78 Å². The molecule has 84 valence electrons. The standard InChI is InChI=1S/C13H11N3O/c1-9(8-14)13(17)16-11-6-2-4-10-5-3-7-15-12(10)11/h2-7,9H,1H3,(H,16,17). The van der Waals surface area contributed by atoms with Crippen molar-refractivity contribution >= 4 is 22.5 Å². The molecule has 0 aliphatic carbocycles. The maximum Gasteiger partial charge on any atom is 0.241 e. The first kappa shape index (κ1) is 11.1. The molecule has 1 aromatic heterocycles. The molecule has 1 atom stereocenters. The van der Waals surface area contributed by atoms with E-state index < -0.39 is 5.92 Å². The number of rotatable bonds is 2. The lowest BCUT2D eigenvalue weighted by Gasteiger charge is -2.08. The molecule has 0 aliphatic heterocycles. The molecule has 1 aromatic carbocycles. The van der Waals surface area contributed by atoms with Crippen molar-refractivity contribution in [2.75, 3.05) is 5.32 Å². The molecular formula is C13H11N3O. The van der Waals surface area contributed by atoms with Crippen LogP contribution < -0.4 is 5.32 Å². The average molecular weight is 225 g/mol. The predicted molar refractivity (Wildman–Crippen MR) is 65.1 cm³/mol. The monoisotopic (exact) mass is 225 g/mol. The molecule has 0 saturated carbocycles. The molecule has 0 spiro atoms. The number of pyridine rings is 1. The molecule has 0 bridgehead atoms. The van der Waals surface area contributed by atoms with Crippen molar-refractivity contribution in [3.05, 3.63) is 36.5 Å². The minimum absolute atomic E-state index is 0.314. The van der Waals surface area contributed by atoms with Crippen molar-refractivity contribution in [2.45, 2.75) is 6.92 Å². The first-order chi connectivity index (χ1) is 8.22. The highest BCUT2D eigenvalue weighted by molar-refractivity contribution is 6.01. The van der Waals surface area contributed by atoms with Crippen LogP contribution in [0.25, 0.3) is 10.9 Å². The number of nitrogens with zero attached hydrogens (tertiary/aromatic N) is 2. The van der Waals surface area contributed by atoms with Gasteiger partial charge in [-0.1, -0.05) is 18.2 Å². The predicted octanol–water partition coefficient (Wildman–Crippen LogP) is 2.33. The number of hydrogen-bond acceptors (Lipinski definition) is 3. The Morgan fingerprint density at radius 2 is 2.18 bits per heavy atom. The van der Waals surface area contributed by atoms with E-state index in [9.17, 15) is 4.79 Å². The van der Waals surface area contributed by atoms with E-state index in [1.807, 2.05) is 30.3 Å². The number of aromatic nitrogens is 1. The number of carbonyl (C=O) groups excluding carboxylic acids is 1. The smallest absolute Gasteiger partial charge is 0.241 e. The number of carbonyl (C=O) groups is 1. The number of nitriles is 1. The van der Waals surface area contributed by atoms with Gasteiger partial charge >= 0.3 is 0 Å². The Balaban J connectivity index is 2.37. The van der Waals surface area contributed by atoms with E-state index in [1.165, 1.54) is 0 Å². The summed E-state index contributed by atoms with van der Waals surface area (Å²) in [4.78, 5) is 15.8. The van der Waals surface area contributed by atoms with Crippen LogP contribution in [-0.4, -0.2) is 10.9 Å². The van der Waals surface area contributed by atoms with Gasteiger partial charge in [0.05, 0.1) is 17.3 Å². The van der Waals surface area contributed by atoms with Gasteiger partial charge in [-0.15, -0.1) is 0 Å². The van der Waals surface area contributed by atoms with Gasteiger partial charge in [0.15, 0.2) is 0 Å². The summed E-state index contributed by atoms with van der Waals surface area (Å²) in [6, 6.07) is 11.2. The van der Waals surface area contributed by atoms with E-state index in [-0.39, 0.29) is 5.91 Å². The van der Waals surface area contributed by atoms with Crippen LogP contribution in [0.5, 0.6) is 0 Å². The minimum atomic E-state index is -0.672. The van der Waals surface area contributed by atoms with Crippen LogP contribution >= 0.6 is 0 Å². The second kappa shape index (κ2) is 4.62. The molecule has 4 nitrogen and oxygen atoms in total. The summed E-state index contributed by atoms with van der Waals surface area (Å²) in [5.74, 6) is -0.986. The Morgan fingerprint density at radius 1 is 1.41 bits per heavy atom. The molecule has 1 amide bonds. The molecule has 17 heavy (non-hydrogen) atoms.